The fourth-order valence-electron chi connectivity index (χ4n) is 1.96. The Bertz CT molecular complexity index is 455. The molecule has 4 heteroatoms. The SMILES string of the molecule is Cc1cc(N)cc(C(=O)NC(C)C2CC2)c1F. The van der Waals surface area contributed by atoms with E-state index in [0.717, 1.165) is 12.8 Å². The van der Waals surface area contributed by atoms with Gasteiger partial charge in [-0.05, 0) is 50.3 Å². The van der Waals surface area contributed by atoms with Crippen LogP contribution in [0.4, 0.5) is 10.1 Å². The topological polar surface area (TPSA) is 55.1 Å². The molecule has 0 bridgehead atoms. The molecule has 1 aromatic rings. The van der Waals surface area contributed by atoms with Crippen LogP contribution in [0, 0.1) is 18.7 Å². The summed E-state index contributed by atoms with van der Waals surface area (Å²) in [5.41, 5.74) is 6.47. The van der Waals surface area contributed by atoms with E-state index in [1.165, 1.54) is 12.1 Å². The third-order valence-electron chi connectivity index (χ3n) is 3.21. The summed E-state index contributed by atoms with van der Waals surface area (Å²) in [6.07, 6.45) is 2.28. The maximum Gasteiger partial charge on any atom is 0.254 e. The van der Waals surface area contributed by atoms with Gasteiger partial charge in [0.15, 0.2) is 0 Å². The summed E-state index contributed by atoms with van der Waals surface area (Å²) >= 11 is 0. The molecule has 0 radical (unpaired) electrons. The van der Waals surface area contributed by atoms with Crippen molar-refractivity contribution in [1.82, 2.24) is 5.32 Å². The monoisotopic (exact) mass is 236 g/mol. The van der Waals surface area contributed by atoms with Gasteiger partial charge in [0.05, 0.1) is 5.56 Å². The highest BCUT2D eigenvalue weighted by Gasteiger charge is 2.29. The quantitative estimate of drug-likeness (QED) is 0.791. The Labute approximate surface area is 100 Å². The zero-order valence-corrected chi connectivity index (χ0v) is 10.1. The smallest absolute Gasteiger partial charge is 0.254 e. The number of rotatable bonds is 3. The van der Waals surface area contributed by atoms with Gasteiger partial charge in [-0.25, -0.2) is 4.39 Å². The number of carbonyl (C=O) groups is 1. The van der Waals surface area contributed by atoms with Crippen LogP contribution >= 0.6 is 0 Å². The van der Waals surface area contributed by atoms with Crippen LogP contribution in [0.3, 0.4) is 0 Å². The van der Waals surface area contributed by atoms with Crippen LogP contribution in [0.1, 0.15) is 35.7 Å². The summed E-state index contributed by atoms with van der Waals surface area (Å²) < 4.78 is 13.8. The standard InChI is InChI=1S/C13H17FN2O/c1-7-5-10(15)6-11(12(7)14)13(17)16-8(2)9-3-4-9/h5-6,8-9H,3-4,15H2,1-2H3,(H,16,17). The number of halogens is 1. The van der Waals surface area contributed by atoms with Crippen molar-refractivity contribution in [2.45, 2.75) is 32.7 Å². The second-order valence-corrected chi connectivity index (χ2v) is 4.80. The van der Waals surface area contributed by atoms with Gasteiger partial charge in [0, 0.05) is 11.7 Å². The van der Waals surface area contributed by atoms with Crippen molar-refractivity contribution in [3.8, 4) is 0 Å². The number of nitrogens with two attached hydrogens (primary N) is 1. The van der Waals surface area contributed by atoms with E-state index in [1.54, 1.807) is 6.92 Å². The van der Waals surface area contributed by atoms with Gasteiger partial charge in [-0.2, -0.15) is 0 Å². The summed E-state index contributed by atoms with van der Waals surface area (Å²) in [6, 6.07) is 3.01. The number of nitrogen functional groups attached to an aromatic ring is 1. The Balaban J connectivity index is 2.17. The van der Waals surface area contributed by atoms with E-state index in [2.05, 4.69) is 5.32 Å². The molecule has 92 valence electrons. The first-order chi connectivity index (χ1) is 7.99. The third-order valence-corrected chi connectivity index (χ3v) is 3.21. The van der Waals surface area contributed by atoms with E-state index in [4.69, 9.17) is 5.73 Å². The van der Waals surface area contributed by atoms with Gasteiger partial charge >= 0.3 is 0 Å². The van der Waals surface area contributed by atoms with Gasteiger partial charge < -0.3 is 11.1 Å². The second-order valence-electron chi connectivity index (χ2n) is 4.80. The molecule has 0 aromatic heterocycles. The van der Waals surface area contributed by atoms with Crippen LogP contribution in [0.2, 0.25) is 0 Å². The number of aryl methyl sites for hydroxylation is 1. The molecule has 3 nitrogen and oxygen atoms in total. The average molecular weight is 236 g/mol. The zero-order valence-electron chi connectivity index (χ0n) is 10.1. The molecule has 3 N–H and O–H groups in total. The minimum absolute atomic E-state index is 0.0370. The predicted molar refractivity (Wildman–Crippen MR) is 65.2 cm³/mol. The van der Waals surface area contributed by atoms with Crippen LogP contribution in [0.25, 0.3) is 0 Å². The molecule has 1 amide bonds. The molecule has 1 aliphatic rings. The highest BCUT2D eigenvalue weighted by atomic mass is 19.1. The van der Waals surface area contributed by atoms with Crippen LogP contribution in [0.15, 0.2) is 12.1 Å². The van der Waals surface area contributed by atoms with E-state index in [1.807, 2.05) is 6.92 Å². The molecule has 1 unspecified atom stereocenters. The lowest BCUT2D eigenvalue weighted by Crippen LogP contribution is -2.34. The van der Waals surface area contributed by atoms with Crippen LogP contribution in [0.5, 0.6) is 0 Å². The van der Waals surface area contributed by atoms with Crippen molar-refractivity contribution in [2.24, 2.45) is 5.92 Å². The number of benzene rings is 1. The van der Waals surface area contributed by atoms with Crippen molar-refractivity contribution >= 4 is 11.6 Å². The molecule has 17 heavy (non-hydrogen) atoms. The normalized spacial score (nSPS) is 16.6. The van der Waals surface area contributed by atoms with Crippen molar-refractivity contribution in [3.05, 3.63) is 29.1 Å². The zero-order chi connectivity index (χ0) is 12.6. The van der Waals surface area contributed by atoms with Crippen LogP contribution < -0.4 is 11.1 Å². The van der Waals surface area contributed by atoms with Crippen molar-refractivity contribution in [1.29, 1.82) is 0 Å². The Hall–Kier alpha value is -1.58. The summed E-state index contributed by atoms with van der Waals surface area (Å²) in [5, 5.41) is 2.82. The van der Waals surface area contributed by atoms with Gasteiger partial charge in [-0.3, -0.25) is 4.79 Å². The Morgan fingerprint density at radius 1 is 1.53 bits per heavy atom. The van der Waals surface area contributed by atoms with E-state index < -0.39 is 5.82 Å². The number of anilines is 1. The minimum Gasteiger partial charge on any atom is -0.399 e. The maximum atomic E-state index is 13.8. The number of carbonyl (C=O) groups excluding carboxylic acids is 1. The summed E-state index contributed by atoms with van der Waals surface area (Å²) in [6.45, 7) is 3.55. The highest BCUT2D eigenvalue weighted by Crippen LogP contribution is 2.32. The van der Waals surface area contributed by atoms with Gasteiger partial charge in [0.2, 0.25) is 0 Å². The Kier molecular flexibility index (Phi) is 3.05. The van der Waals surface area contributed by atoms with E-state index in [0.29, 0.717) is 17.2 Å². The van der Waals surface area contributed by atoms with Crippen molar-refractivity contribution in [3.63, 3.8) is 0 Å². The molecule has 1 aromatic carbocycles. The molecule has 1 saturated carbocycles. The molecule has 0 spiro atoms. The fourth-order valence-corrected chi connectivity index (χ4v) is 1.96. The van der Waals surface area contributed by atoms with Gasteiger partial charge in [0.1, 0.15) is 5.82 Å². The molecule has 1 aliphatic carbocycles. The lowest BCUT2D eigenvalue weighted by Gasteiger charge is -2.14. The van der Waals surface area contributed by atoms with Gasteiger partial charge in [0.25, 0.3) is 5.91 Å². The summed E-state index contributed by atoms with van der Waals surface area (Å²) in [5.74, 6) is -0.318. The second kappa shape index (κ2) is 4.35. The molecular weight excluding hydrogens is 219 g/mol. The highest BCUT2D eigenvalue weighted by molar-refractivity contribution is 5.95. The van der Waals surface area contributed by atoms with Gasteiger partial charge in [-0.1, -0.05) is 0 Å². The summed E-state index contributed by atoms with van der Waals surface area (Å²) in [7, 11) is 0. The lowest BCUT2D eigenvalue weighted by atomic mass is 10.1. The number of hydrogen-bond donors (Lipinski definition) is 2. The molecular formula is C13H17FN2O. The molecule has 1 atom stereocenters. The maximum absolute atomic E-state index is 13.8. The first kappa shape index (κ1) is 11.9. The predicted octanol–water partition coefficient (Wildman–Crippen LogP) is 2.24. The molecule has 1 fully saturated rings. The fraction of sp³-hybridized carbons (Fsp3) is 0.462. The molecule has 0 saturated heterocycles. The third kappa shape index (κ3) is 2.57. The Morgan fingerprint density at radius 2 is 2.18 bits per heavy atom. The Morgan fingerprint density at radius 3 is 2.76 bits per heavy atom. The number of nitrogens with one attached hydrogen (secondary N) is 1. The van der Waals surface area contributed by atoms with Crippen LogP contribution in [-0.2, 0) is 0 Å². The van der Waals surface area contributed by atoms with Crippen molar-refractivity contribution < 1.29 is 9.18 Å². The summed E-state index contributed by atoms with van der Waals surface area (Å²) in [4.78, 5) is 11.9. The largest absolute Gasteiger partial charge is 0.399 e. The first-order valence-electron chi connectivity index (χ1n) is 5.85. The van der Waals surface area contributed by atoms with E-state index >= 15 is 0 Å². The number of amides is 1. The minimum atomic E-state index is -0.486. The van der Waals surface area contributed by atoms with Gasteiger partial charge in [-0.15, -0.1) is 0 Å². The molecule has 0 heterocycles. The van der Waals surface area contributed by atoms with Crippen LogP contribution in [-0.4, -0.2) is 11.9 Å². The molecule has 2 rings (SSSR count). The van der Waals surface area contributed by atoms with E-state index in [9.17, 15) is 9.18 Å². The molecule has 0 aliphatic heterocycles. The number of hydrogen-bond acceptors (Lipinski definition) is 2. The lowest BCUT2D eigenvalue weighted by molar-refractivity contribution is 0.0931. The van der Waals surface area contributed by atoms with E-state index in [-0.39, 0.29) is 17.5 Å². The average Bonchev–Trinajstić information content (AvgIpc) is 3.06. The first-order valence-corrected chi connectivity index (χ1v) is 5.85. The van der Waals surface area contributed by atoms with Crippen molar-refractivity contribution in [2.75, 3.05) is 5.73 Å².